The van der Waals surface area contributed by atoms with Gasteiger partial charge in [0.15, 0.2) is 0 Å². The lowest BCUT2D eigenvalue weighted by Crippen LogP contribution is -1.96. The lowest BCUT2D eigenvalue weighted by Gasteiger charge is -2.09. The molecule has 0 fully saturated rings. The quantitative estimate of drug-likeness (QED) is 0.705. The third-order valence-corrected chi connectivity index (χ3v) is 2.90. The van der Waals surface area contributed by atoms with E-state index in [9.17, 15) is 0 Å². The van der Waals surface area contributed by atoms with Crippen molar-refractivity contribution in [3.63, 3.8) is 0 Å². The van der Waals surface area contributed by atoms with Crippen LogP contribution in [-0.4, -0.2) is 15.0 Å². The van der Waals surface area contributed by atoms with E-state index >= 15 is 0 Å². The van der Waals surface area contributed by atoms with Crippen molar-refractivity contribution in [2.45, 2.75) is 6.92 Å². The standard InChI is InChI=1S/C14H12N4/c1-9-4-5-11-10(3-2-6-17-11)14(9)12-7-16-8-13(15)18-12/h2-8H,1H3,(H2,15,18). The number of aryl methyl sites for hydroxylation is 1. The van der Waals surface area contributed by atoms with Gasteiger partial charge >= 0.3 is 0 Å². The van der Waals surface area contributed by atoms with Crippen molar-refractivity contribution in [3.05, 3.63) is 48.4 Å². The predicted molar refractivity (Wildman–Crippen MR) is 71.9 cm³/mol. The molecule has 2 heterocycles. The number of nitrogen functional groups attached to an aromatic ring is 1. The van der Waals surface area contributed by atoms with Crippen molar-refractivity contribution >= 4 is 16.7 Å². The molecule has 0 bridgehead atoms. The van der Waals surface area contributed by atoms with Crippen LogP contribution in [0.2, 0.25) is 0 Å². The number of rotatable bonds is 1. The van der Waals surface area contributed by atoms with E-state index in [1.165, 1.54) is 0 Å². The molecule has 0 amide bonds. The topological polar surface area (TPSA) is 64.7 Å². The molecule has 4 heteroatoms. The molecule has 0 spiro atoms. The molecule has 0 saturated carbocycles. The SMILES string of the molecule is Cc1ccc2ncccc2c1-c1cncc(N)n1. The third kappa shape index (κ3) is 1.68. The first-order chi connectivity index (χ1) is 8.75. The van der Waals surface area contributed by atoms with Gasteiger partial charge in [-0.2, -0.15) is 0 Å². The zero-order chi connectivity index (χ0) is 12.5. The first-order valence-electron chi connectivity index (χ1n) is 5.68. The smallest absolute Gasteiger partial charge is 0.142 e. The Morgan fingerprint density at radius 1 is 1.11 bits per heavy atom. The van der Waals surface area contributed by atoms with Crippen LogP contribution in [0.4, 0.5) is 5.82 Å². The van der Waals surface area contributed by atoms with Gasteiger partial charge in [-0.05, 0) is 24.6 Å². The second-order valence-corrected chi connectivity index (χ2v) is 4.16. The average Bonchev–Trinajstić information content (AvgIpc) is 2.38. The van der Waals surface area contributed by atoms with Crippen molar-refractivity contribution in [2.75, 3.05) is 5.73 Å². The van der Waals surface area contributed by atoms with Gasteiger partial charge in [0.2, 0.25) is 0 Å². The summed E-state index contributed by atoms with van der Waals surface area (Å²) in [6.45, 7) is 2.05. The first kappa shape index (κ1) is 10.7. The molecule has 2 aromatic heterocycles. The number of pyridine rings is 1. The highest BCUT2D eigenvalue weighted by atomic mass is 14.9. The monoisotopic (exact) mass is 236 g/mol. The molecule has 4 nitrogen and oxygen atoms in total. The van der Waals surface area contributed by atoms with Gasteiger partial charge in [-0.25, -0.2) is 4.98 Å². The van der Waals surface area contributed by atoms with Gasteiger partial charge in [0.05, 0.1) is 23.6 Å². The van der Waals surface area contributed by atoms with E-state index < -0.39 is 0 Å². The number of benzene rings is 1. The van der Waals surface area contributed by atoms with Crippen LogP contribution in [0.3, 0.4) is 0 Å². The highest BCUT2D eigenvalue weighted by Gasteiger charge is 2.09. The maximum absolute atomic E-state index is 5.70. The van der Waals surface area contributed by atoms with Crippen LogP contribution in [-0.2, 0) is 0 Å². The van der Waals surface area contributed by atoms with Crippen molar-refractivity contribution in [3.8, 4) is 11.3 Å². The lowest BCUT2D eigenvalue weighted by atomic mass is 10.0. The van der Waals surface area contributed by atoms with Crippen LogP contribution in [0.15, 0.2) is 42.9 Å². The summed E-state index contributed by atoms with van der Waals surface area (Å²) in [6, 6.07) is 8.00. The molecule has 0 atom stereocenters. The fourth-order valence-electron chi connectivity index (χ4n) is 2.10. The summed E-state index contributed by atoms with van der Waals surface area (Å²) in [6.07, 6.45) is 5.06. The Morgan fingerprint density at radius 3 is 2.83 bits per heavy atom. The maximum atomic E-state index is 5.70. The fraction of sp³-hybridized carbons (Fsp3) is 0.0714. The number of fused-ring (bicyclic) bond motifs is 1. The van der Waals surface area contributed by atoms with Gasteiger partial charge in [0.1, 0.15) is 5.82 Å². The average molecular weight is 236 g/mol. The lowest BCUT2D eigenvalue weighted by molar-refractivity contribution is 1.21. The molecule has 1 aromatic carbocycles. The summed E-state index contributed by atoms with van der Waals surface area (Å²) < 4.78 is 0. The summed E-state index contributed by atoms with van der Waals surface area (Å²) in [5.74, 6) is 0.424. The molecular weight excluding hydrogens is 224 g/mol. The van der Waals surface area contributed by atoms with Gasteiger partial charge in [0.25, 0.3) is 0 Å². The van der Waals surface area contributed by atoms with Crippen LogP contribution in [0.1, 0.15) is 5.56 Å². The number of anilines is 1. The zero-order valence-electron chi connectivity index (χ0n) is 9.96. The van der Waals surface area contributed by atoms with E-state index in [4.69, 9.17) is 5.73 Å². The Hall–Kier alpha value is -2.49. The Morgan fingerprint density at radius 2 is 2.00 bits per heavy atom. The Kier molecular flexibility index (Phi) is 2.41. The van der Waals surface area contributed by atoms with E-state index in [0.29, 0.717) is 5.82 Å². The van der Waals surface area contributed by atoms with E-state index in [-0.39, 0.29) is 0 Å². The van der Waals surface area contributed by atoms with Crippen molar-refractivity contribution in [1.29, 1.82) is 0 Å². The molecule has 3 rings (SSSR count). The summed E-state index contributed by atoms with van der Waals surface area (Å²) >= 11 is 0. The first-order valence-corrected chi connectivity index (χ1v) is 5.68. The van der Waals surface area contributed by atoms with E-state index in [1.807, 2.05) is 31.2 Å². The summed E-state index contributed by atoms with van der Waals surface area (Å²) in [4.78, 5) is 12.8. The number of hydrogen-bond acceptors (Lipinski definition) is 4. The van der Waals surface area contributed by atoms with Crippen molar-refractivity contribution in [1.82, 2.24) is 15.0 Å². The molecule has 0 aliphatic carbocycles. The second kappa shape index (κ2) is 4.07. The normalized spacial score (nSPS) is 10.7. The number of hydrogen-bond donors (Lipinski definition) is 1. The summed E-state index contributed by atoms with van der Waals surface area (Å²) in [5, 5.41) is 1.07. The van der Waals surface area contributed by atoms with Crippen LogP contribution in [0, 0.1) is 6.92 Å². The van der Waals surface area contributed by atoms with Crippen LogP contribution < -0.4 is 5.73 Å². The number of nitrogens with zero attached hydrogens (tertiary/aromatic N) is 3. The van der Waals surface area contributed by atoms with E-state index in [0.717, 1.165) is 27.7 Å². The molecule has 18 heavy (non-hydrogen) atoms. The summed E-state index contributed by atoms with van der Waals surface area (Å²) in [5.41, 5.74) is 9.61. The van der Waals surface area contributed by atoms with Gasteiger partial charge in [-0.15, -0.1) is 0 Å². The van der Waals surface area contributed by atoms with E-state index in [2.05, 4.69) is 15.0 Å². The zero-order valence-corrected chi connectivity index (χ0v) is 9.96. The van der Waals surface area contributed by atoms with Crippen molar-refractivity contribution in [2.24, 2.45) is 0 Å². The highest BCUT2D eigenvalue weighted by Crippen LogP contribution is 2.29. The molecule has 0 unspecified atom stereocenters. The van der Waals surface area contributed by atoms with Gasteiger partial charge in [-0.1, -0.05) is 12.1 Å². The summed E-state index contributed by atoms with van der Waals surface area (Å²) in [7, 11) is 0. The number of nitrogens with two attached hydrogens (primary N) is 1. The molecule has 0 saturated heterocycles. The minimum atomic E-state index is 0.424. The molecule has 0 radical (unpaired) electrons. The maximum Gasteiger partial charge on any atom is 0.142 e. The van der Waals surface area contributed by atoms with E-state index in [1.54, 1.807) is 18.6 Å². The molecule has 0 aliphatic heterocycles. The fourth-order valence-corrected chi connectivity index (χ4v) is 2.10. The predicted octanol–water partition coefficient (Wildman–Crippen LogP) is 2.58. The number of aromatic nitrogens is 3. The van der Waals surface area contributed by atoms with Gasteiger partial charge in [0, 0.05) is 17.1 Å². The molecular formula is C14H12N4. The largest absolute Gasteiger partial charge is 0.382 e. The van der Waals surface area contributed by atoms with Gasteiger partial charge < -0.3 is 5.73 Å². The second-order valence-electron chi connectivity index (χ2n) is 4.16. The van der Waals surface area contributed by atoms with Crippen molar-refractivity contribution < 1.29 is 0 Å². The minimum Gasteiger partial charge on any atom is -0.382 e. The molecule has 2 N–H and O–H groups in total. The highest BCUT2D eigenvalue weighted by molar-refractivity contribution is 5.95. The Balaban J connectivity index is 2.37. The van der Waals surface area contributed by atoms with Gasteiger partial charge in [-0.3, -0.25) is 9.97 Å². The third-order valence-electron chi connectivity index (χ3n) is 2.90. The van der Waals surface area contributed by atoms with Crippen LogP contribution in [0.5, 0.6) is 0 Å². The van der Waals surface area contributed by atoms with Crippen LogP contribution in [0.25, 0.3) is 22.2 Å². The Bertz CT molecular complexity index is 722. The molecule has 88 valence electrons. The Labute approximate surface area is 105 Å². The minimum absolute atomic E-state index is 0.424. The molecule has 3 aromatic rings. The van der Waals surface area contributed by atoms with Crippen LogP contribution >= 0.6 is 0 Å². The molecule has 0 aliphatic rings.